The topological polar surface area (TPSA) is 87.7 Å². The molecule has 0 atom stereocenters. The molecule has 7 nitrogen and oxygen atoms in total. The Bertz CT molecular complexity index is 1280. The molecule has 3 amide bonds. The quantitative estimate of drug-likeness (QED) is 0.517. The van der Waals surface area contributed by atoms with E-state index in [1.807, 2.05) is 55.5 Å². The van der Waals surface area contributed by atoms with Crippen LogP contribution in [0.15, 0.2) is 78.5 Å². The summed E-state index contributed by atoms with van der Waals surface area (Å²) in [7, 11) is 1.55. The normalized spacial score (nSPS) is 13.3. The Morgan fingerprint density at radius 2 is 1.65 bits per heavy atom. The van der Waals surface area contributed by atoms with E-state index in [9.17, 15) is 14.4 Å². The largest absolute Gasteiger partial charge is 0.495 e. The summed E-state index contributed by atoms with van der Waals surface area (Å²) in [4.78, 5) is 39.6. The van der Waals surface area contributed by atoms with Gasteiger partial charge in [-0.05, 0) is 47.9 Å². The molecule has 0 bridgehead atoms. The lowest BCUT2D eigenvalue weighted by molar-refractivity contribution is -0.137. The Kier molecular flexibility index (Phi) is 6.45. The second kappa shape index (κ2) is 9.62. The minimum absolute atomic E-state index is 0.155. The van der Waals surface area contributed by atoms with Crippen molar-refractivity contribution in [3.8, 4) is 5.75 Å². The van der Waals surface area contributed by atoms with Gasteiger partial charge in [0.2, 0.25) is 5.91 Å². The molecule has 0 radical (unpaired) electrons. The lowest BCUT2D eigenvalue weighted by atomic mass is 10.0. The highest BCUT2D eigenvalue weighted by molar-refractivity contribution is 6.36. The van der Waals surface area contributed by atoms with Crippen molar-refractivity contribution in [2.45, 2.75) is 20.4 Å². The zero-order valence-corrected chi connectivity index (χ0v) is 19.2. The minimum Gasteiger partial charge on any atom is -0.495 e. The van der Waals surface area contributed by atoms with E-state index >= 15 is 0 Å². The van der Waals surface area contributed by atoms with Crippen molar-refractivity contribution in [2.75, 3.05) is 17.7 Å². The summed E-state index contributed by atoms with van der Waals surface area (Å²) >= 11 is 0. The van der Waals surface area contributed by atoms with Crippen LogP contribution in [-0.2, 0) is 20.9 Å². The van der Waals surface area contributed by atoms with Crippen molar-refractivity contribution >= 4 is 34.7 Å². The molecule has 1 aliphatic heterocycles. The van der Waals surface area contributed by atoms with E-state index in [1.165, 1.54) is 11.8 Å². The third-order valence-electron chi connectivity index (χ3n) is 5.46. The van der Waals surface area contributed by atoms with Crippen LogP contribution in [0.1, 0.15) is 23.6 Å². The highest BCUT2D eigenvalue weighted by Crippen LogP contribution is 2.34. The Morgan fingerprint density at radius 3 is 2.29 bits per heavy atom. The van der Waals surface area contributed by atoms with E-state index < -0.39 is 11.8 Å². The zero-order chi connectivity index (χ0) is 24.2. The summed E-state index contributed by atoms with van der Waals surface area (Å²) in [5, 5.41) is 5.87. The fraction of sp³-hybridized carbons (Fsp3) is 0.148. The first-order valence-corrected chi connectivity index (χ1v) is 10.8. The molecule has 172 valence electrons. The number of hydrogen-bond acceptors (Lipinski definition) is 5. The number of anilines is 2. The predicted octanol–water partition coefficient (Wildman–Crippen LogP) is 4.35. The number of nitrogens with one attached hydrogen (secondary N) is 2. The van der Waals surface area contributed by atoms with Crippen molar-refractivity contribution in [2.24, 2.45) is 0 Å². The second-order valence-electron chi connectivity index (χ2n) is 8.02. The van der Waals surface area contributed by atoms with Crippen LogP contribution in [0.3, 0.4) is 0 Å². The Morgan fingerprint density at radius 1 is 0.941 bits per heavy atom. The van der Waals surface area contributed by atoms with Gasteiger partial charge in [0, 0.05) is 12.6 Å². The maximum Gasteiger partial charge on any atom is 0.278 e. The fourth-order valence-electron chi connectivity index (χ4n) is 3.85. The number of rotatable bonds is 7. The number of amides is 3. The molecule has 0 saturated carbocycles. The first-order chi connectivity index (χ1) is 16.4. The molecule has 3 aromatic carbocycles. The SMILES string of the molecule is COc1ccc(C)cc1NC1=C(c2ccc(NC(C)=O)cc2)C(=O)N(Cc2ccccc2)C1=O. The number of ether oxygens (including phenoxy) is 1. The number of methoxy groups -OCH3 is 1. The van der Waals surface area contributed by atoms with Gasteiger partial charge in [0.1, 0.15) is 11.4 Å². The fourth-order valence-corrected chi connectivity index (χ4v) is 3.85. The van der Waals surface area contributed by atoms with Gasteiger partial charge in [-0.2, -0.15) is 0 Å². The van der Waals surface area contributed by atoms with E-state index in [0.717, 1.165) is 11.1 Å². The van der Waals surface area contributed by atoms with Gasteiger partial charge in [-0.15, -0.1) is 0 Å². The van der Waals surface area contributed by atoms with Crippen LogP contribution < -0.4 is 15.4 Å². The summed E-state index contributed by atoms with van der Waals surface area (Å²) in [6.07, 6.45) is 0. The Hall–Kier alpha value is -4.39. The van der Waals surface area contributed by atoms with Crippen LogP contribution in [0.2, 0.25) is 0 Å². The van der Waals surface area contributed by atoms with Crippen molar-refractivity contribution in [1.82, 2.24) is 4.90 Å². The van der Waals surface area contributed by atoms with Gasteiger partial charge in [0.05, 0.1) is 24.9 Å². The molecular weight excluding hydrogens is 430 g/mol. The zero-order valence-electron chi connectivity index (χ0n) is 19.2. The van der Waals surface area contributed by atoms with Crippen molar-refractivity contribution < 1.29 is 19.1 Å². The van der Waals surface area contributed by atoms with Gasteiger partial charge in [-0.25, -0.2) is 0 Å². The molecule has 0 saturated heterocycles. The van der Waals surface area contributed by atoms with Crippen LogP contribution in [0, 0.1) is 6.92 Å². The van der Waals surface area contributed by atoms with Crippen LogP contribution >= 0.6 is 0 Å². The Balaban J connectivity index is 1.76. The summed E-state index contributed by atoms with van der Waals surface area (Å²) < 4.78 is 5.45. The highest BCUT2D eigenvalue weighted by atomic mass is 16.5. The van der Waals surface area contributed by atoms with E-state index in [1.54, 1.807) is 31.4 Å². The predicted molar refractivity (Wildman–Crippen MR) is 131 cm³/mol. The number of aryl methyl sites for hydroxylation is 1. The molecule has 4 rings (SSSR count). The summed E-state index contributed by atoms with van der Waals surface area (Å²) in [6.45, 7) is 3.51. The lowest BCUT2D eigenvalue weighted by Crippen LogP contribution is -2.32. The van der Waals surface area contributed by atoms with Crippen LogP contribution in [0.4, 0.5) is 11.4 Å². The molecule has 7 heteroatoms. The van der Waals surface area contributed by atoms with Gasteiger partial charge in [-0.1, -0.05) is 48.5 Å². The molecule has 34 heavy (non-hydrogen) atoms. The Labute approximate surface area is 198 Å². The van der Waals surface area contributed by atoms with E-state index in [-0.39, 0.29) is 23.7 Å². The number of carbonyl (C=O) groups is 3. The first kappa shape index (κ1) is 22.8. The molecular formula is C27H25N3O4. The minimum atomic E-state index is -0.418. The molecule has 0 aromatic heterocycles. The molecule has 1 aliphatic rings. The monoisotopic (exact) mass is 455 g/mol. The summed E-state index contributed by atoms with van der Waals surface area (Å²) in [5.41, 5.74) is 4.02. The van der Waals surface area contributed by atoms with Crippen molar-refractivity contribution in [1.29, 1.82) is 0 Å². The van der Waals surface area contributed by atoms with E-state index in [4.69, 9.17) is 4.74 Å². The maximum absolute atomic E-state index is 13.5. The summed E-state index contributed by atoms with van der Waals surface area (Å²) in [6, 6.07) is 21.8. The second-order valence-corrected chi connectivity index (χ2v) is 8.02. The molecule has 1 heterocycles. The van der Waals surface area contributed by atoms with Gasteiger partial charge in [0.25, 0.3) is 11.8 Å². The smallest absolute Gasteiger partial charge is 0.278 e. The highest BCUT2D eigenvalue weighted by Gasteiger charge is 2.39. The van der Waals surface area contributed by atoms with Crippen LogP contribution in [0.25, 0.3) is 5.57 Å². The van der Waals surface area contributed by atoms with E-state index in [2.05, 4.69) is 10.6 Å². The summed E-state index contributed by atoms with van der Waals surface area (Å²) in [5.74, 6) is -0.448. The average Bonchev–Trinajstić information content (AvgIpc) is 3.04. The number of hydrogen-bond donors (Lipinski definition) is 2. The molecule has 2 N–H and O–H groups in total. The maximum atomic E-state index is 13.5. The standard InChI is InChI=1S/C27H25N3O4/c1-17-9-14-23(34-3)22(15-17)29-25-24(20-10-12-21(13-11-20)28-18(2)31)26(32)30(27(25)33)16-19-7-5-4-6-8-19/h4-15,29H,16H2,1-3H3,(H,28,31). The third-order valence-corrected chi connectivity index (χ3v) is 5.46. The third kappa shape index (κ3) is 4.68. The van der Waals surface area contributed by atoms with Gasteiger partial charge in [0.15, 0.2) is 0 Å². The lowest BCUT2D eigenvalue weighted by Gasteiger charge is -2.16. The van der Waals surface area contributed by atoms with Crippen molar-refractivity contribution in [3.63, 3.8) is 0 Å². The molecule has 0 spiro atoms. The molecule has 3 aromatic rings. The van der Waals surface area contributed by atoms with Gasteiger partial charge < -0.3 is 15.4 Å². The number of imide groups is 1. The number of benzene rings is 3. The van der Waals surface area contributed by atoms with Gasteiger partial charge in [-0.3, -0.25) is 19.3 Å². The van der Waals surface area contributed by atoms with Crippen molar-refractivity contribution in [3.05, 3.63) is 95.2 Å². The first-order valence-electron chi connectivity index (χ1n) is 10.8. The number of carbonyl (C=O) groups excluding carboxylic acids is 3. The van der Waals surface area contributed by atoms with Crippen LogP contribution in [0.5, 0.6) is 5.75 Å². The van der Waals surface area contributed by atoms with Crippen LogP contribution in [-0.4, -0.2) is 29.7 Å². The van der Waals surface area contributed by atoms with E-state index in [0.29, 0.717) is 22.7 Å². The van der Waals surface area contributed by atoms with Gasteiger partial charge >= 0.3 is 0 Å². The number of nitrogens with zero attached hydrogens (tertiary/aromatic N) is 1. The molecule has 0 unspecified atom stereocenters. The average molecular weight is 456 g/mol. The molecule has 0 fully saturated rings. The molecule has 0 aliphatic carbocycles.